The molecule has 6 heteroatoms. The lowest BCUT2D eigenvalue weighted by molar-refractivity contribution is -0.116. The molecule has 1 aromatic heterocycles. The van der Waals surface area contributed by atoms with Crippen molar-refractivity contribution in [1.29, 1.82) is 0 Å². The summed E-state index contributed by atoms with van der Waals surface area (Å²) >= 11 is 0. The monoisotopic (exact) mass is 356 g/mol. The van der Waals surface area contributed by atoms with Gasteiger partial charge in [0, 0.05) is 18.1 Å². The minimum atomic E-state index is 0.0279. The fourth-order valence-electron chi connectivity index (χ4n) is 3.19. The van der Waals surface area contributed by atoms with E-state index in [-0.39, 0.29) is 12.0 Å². The number of rotatable bonds is 8. The van der Waals surface area contributed by atoms with Gasteiger partial charge in [0.2, 0.25) is 5.91 Å². The first-order valence-corrected chi connectivity index (χ1v) is 9.45. The van der Waals surface area contributed by atoms with E-state index in [1.54, 1.807) is 0 Å². The Bertz CT molecular complexity index is 703. The molecule has 1 aromatic carbocycles. The summed E-state index contributed by atoms with van der Waals surface area (Å²) < 4.78 is 5.65. The van der Waals surface area contributed by atoms with Crippen molar-refractivity contribution in [2.45, 2.75) is 45.6 Å². The van der Waals surface area contributed by atoms with E-state index in [0.29, 0.717) is 12.2 Å². The second-order valence-corrected chi connectivity index (χ2v) is 7.06. The number of nitrogens with one attached hydrogen (secondary N) is 2. The molecule has 1 aliphatic heterocycles. The number of amides is 1. The Morgan fingerprint density at radius 2 is 2.00 bits per heavy atom. The van der Waals surface area contributed by atoms with Gasteiger partial charge in [-0.3, -0.25) is 9.89 Å². The summed E-state index contributed by atoms with van der Waals surface area (Å²) in [5.41, 5.74) is 1.78. The SMILES string of the molecule is CC(C)Oc1ccc(-c2cc(NC(=O)CCCN3CCCC3)[nH]n2)cc1. The van der Waals surface area contributed by atoms with Gasteiger partial charge in [0.15, 0.2) is 0 Å². The number of hydrogen-bond donors (Lipinski definition) is 2. The summed E-state index contributed by atoms with van der Waals surface area (Å²) in [6.45, 7) is 7.36. The Hall–Kier alpha value is -2.34. The number of benzene rings is 1. The smallest absolute Gasteiger partial charge is 0.225 e. The maximum Gasteiger partial charge on any atom is 0.225 e. The molecule has 2 aromatic rings. The van der Waals surface area contributed by atoms with E-state index in [0.717, 1.165) is 30.0 Å². The van der Waals surface area contributed by atoms with Gasteiger partial charge in [-0.1, -0.05) is 0 Å². The molecule has 0 unspecified atom stereocenters. The molecular weight excluding hydrogens is 328 g/mol. The molecule has 2 N–H and O–H groups in total. The third-order valence-electron chi connectivity index (χ3n) is 4.45. The highest BCUT2D eigenvalue weighted by Gasteiger charge is 2.12. The predicted octanol–water partition coefficient (Wildman–Crippen LogP) is 3.68. The average molecular weight is 356 g/mol. The van der Waals surface area contributed by atoms with Gasteiger partial charge in [-0.25, -0.2) is 0 Å². The number of carbonyl (C=O) groups is 1. The number of nitrogens with zero attached hydrogens (tertiary/aromatic N) is 2. The topological polar surface area (TPSA) is 70.2 Å². The van der Waals surface area contributed by atoms with Crippen LogP contribution < -0.4 is 10.1 Å². The van der Waals surface area contributed by atoms with E-state index in [2.05, 4.69) is 20.4 Å². The van der Waals surface area contributed by atoms with Gasteiger partial charge in [-0.15, -0.1) is 0 Å². The lowest BCUT2D eigenvalue weighted by atomic mass is 10.1. The number of likely N-dealkylation sites (tertiary alicyclic amines) is 1. The quantitative estimate of drug-likeness (QED) is 0.757. The third kappa shape index (κ3) is 5.33. The van der Waals surface area contributed by atoms with Gasteiger partial charge in [-0.05, 0) is 77.0 Å². The van der Waals surface area contributed by atoms with Crippen molar-refractivity contribution in [3.8, 4) is 17.0 Å². The van der Waals surface area contributed by atoms with Gasteiger partial charge >= 0.3 is 0 Å². The molecule has 0 saturated carbocycles. The fourth-order valence-corrected chi connectivity index (χ4v) is 3.19. The van der Waals surface area contributed by atoms with Crippen LogP contribution in [0.1, 0.15) is 39.5 Å². The molecule has 1 saturated heterocycles. The number of hydrogen-bond acceptors (Lipinski definition) is 4. The molecule has 0 bridgehead atoms. The maximum absolute atomic E-state index is 12.1. The van der Waals surface area contributed by atoms with Crippen LogP contribution in [0.3, 0.4) is 0 Å². The zero-order valence-electron chi connectivity index (χ0n) is 15.6. The Labute approximate surface area is 154 Å². The number of carbonyl (C=O) groups excluding carboxylic acids is 1. The lowest BCUT2D eigenvalue weighted by Crippen LogP contribution is -2.22. The number of anilines is 1. The summed E-state index contributed by atoms with van der Waals surface area (Å²) in [7, 11) is 0. The highest BCUT2D eigenvalue weighted by molar-refractivity contribution is 5.90. The first-order valence-electron chi connectivity index (χ1n) is 9.45. The normalized spacial score (nSPS) is 14.7. The predicted molar refractivity (Wildman–Crippen MR) is 103 cm³/mol. The Kier molecular flexibility index (Phi) is 6.28. The van der Waals surface area contributed by atoms with Crippen LogP contribution in [0, 0.1) is 0 Å². The van der Waals surface area contributed by atoms with Crippen molar-refractivity contribution >= 4 is 11.7 Å². The molecule has 1 aliphatic rings. The van der Waals surface area contributed by atoms with Gasteiger partial charge in [-0.2, -0.15) is 5.10 Å². The molecule has 0 atom stereocenters. The summed E-state index contributed by atoms with van der Waals surface area (Å²) in [4.78, 5) is 14.5. The Balaban J connectivity index is 1.48. The first-order chi connectivity index (χ1) is 12.6. The van der Waals surface area contributed by atoms with Gasteiger partial charge in [0.1, 0.15) is 11.6 Å². The lowest BCUT2D eigenvalue weighted by Gasteiger charge is -2.13. The molecule has 0 spiro atoms. The average Bonchev–Trinajstić information content (AvgIpc) is 3.27. The molecule has 26 heavy (non-hydrogen) atoms. The van der Waals surface area contributed by atoms with E-state index in [4.69, 9.17) is 4.74 Å². The van der Waals surface area contributed by atoms with E-state index < -0.39 is 0 Å². The van der Waals surface area contributed by atoms with Crippen LogP contribution in [0.4, 0.5) is 5.82 Å². The highest BCUT2D eigenvalue weighted by atomic mass is 16.5. The van der Waals surface area contributed by atoms with Crippen LogP contribution >= 0.6 is 0 Å². The van der Waals surface area contributed by atoms with Crippen molar-refractivity contribution in [2.75, 3.05) is 25.0 Å². The molecular formula is C20H28N4O2. The largest absolute Gasteiger partial charge is 0.491 e. The molecule has 140 valence electrons. The summed E-state index contributed by atoms with van der Waals surface area (Å²) in [5.74, 6) is 1.50. The summed E-state index contributed by atoms with van der Waals surface area (Å²) in [6.07, 6.45) is 4.15. The van der Waals surface area contributed by atoms with Crippen LogP contribution in [0.25, 0.3) is 11.3 Å². The van der Waals surface area contributed by atoms with Crippen LogP contribution in [0.15, 0.2) is 30.3 Å². The molecule has 2 heterocycles. The zero-order chi connectivity index (χ0) is 18.4. The van der Waals surface area contributed by atoms with Crippen molar-refractivity contribution in [1.82, 2.24) is 15.1 Å². The zero-order valence-corrected chi connectivity index (χ0v) is 15.6. The van der Waals surface area contributed by atoms with Crippen molar-refractivity contribution in [3.05, 3.63) is 30.3 Å². The van der Waals surface area contributed by atoms with Gasteiger partial charge < -0.3 is 15.0 Å². The Morgan fingerprint density at radius 3 is 2.69 bits per heavy atom. The number of aromatic nitrogens is 2. The molecule has 6 nitrogen and oxygen atoms in total. The van der Waals surface area contributed by atoms with Crippen molar-refractivity contribution < 1.29 is 9.53 Å². The maximum atomic E-state index is 12.1. The third-order valence-corrected chi connectivity index (χ3v) is 4.45. The summed E-state index contributed by atoms with van der Waals surface area (Å²) in [6, 6.07) is 9.66. The van der Waals surface area contributed by atoms with Crippen molar-refractivity contribution in [2.24, 2.45) is 0 Å². The molecule has 1 amide bonds. The molecule has 0 aliphatic carbocycles. The minimum Gasteiger partial charge on any atom is -0.491 e. The fraction of sp³-hybridized carbons (Fsp3) is 0.500. The number of aromatic amines is 1. The molecule has 0 radical (unpaired) electrons. The highest BCUT2D eigenvalue weighted by Crippen LogP contribution is 2.23. The van der Waals surface area contributed by atoms with Crippen LogP contribution in [-0.4, -0.2) is 46.7 Å². The van der Waals surface area contributed by atoms with Crippen LogP contribution in [-0.2, 0) is 4.79 Å². The number of ether oxygens (including phenoxy) is 1. The van der Waals surface area contributed by atoms with E-state index >= 15 is 0 Å². The molecule has 1 fully saturated rings. The van der Waals surface area contributed by atoms with E-state index in [1.807, 2.05) is 44.2 Å². The number of H-pyrrole nitrogens is 1. The second-order valence-electron chi connectivity index (χ2n) is 7.06. The van der Waals surface area contributed by atoms with Crippen LogP contribution in [0.2, 0.25) is 0 Å². The summed E-state index contributed by atoms with van der Waals surface area (Å²) in [5, 5.41) is 10.1. The van der Waals surface area contributed by atoms with Gasteiger partial charge in [0.25, 0.3) is 0 Å². The molecule has 3 rings (SSSR count). The van der Waals surface area contributed by atoms with E-state index in [9.17, 15) is 4.79 Å². The minimum absolute atomic E-state index is 0.0279. The van der Waals surface area contributed by atoms with Crippen LogP contribution in [0.5, 0.6) is 5.75 Å². The Morgan fingerprint density at radius 1 is 1.27 bits per heavy atom. The van der Waals surface area contributed by atoms with E-state index in [1.165, 1.54) is 25.9 Å². The van der Waals surface area contributed by atoms with Crippen molar-refractivity contribution in [3.63, 3.8) is 0 Å². The van der Waals surface area contributed by atoms with Gasteiger partial charge in [0.05, 0.1) is 11.8 Å². The standard InChI is InChI=1S/C20H28N4O2/c1-15(2)26-17-9-7-16(8-10-17)18-14-19(23-22-18)21-20(25)6-5-13-24-11-3-4-12-24/h7-10,14-15H,3-6,11-13H2,1-2H3,(H2,21,22,23,25). The second kappa shape index (κ2) is 8.85. The first kappa shape index (κ1) is 18.5.